The third kappa shape index (κ3) is 5.06. The molecule has 1 aromatic rings. The van der Waals surface area contributed by atoms with Gasteiger partial charge in [-0.05, 0) is 24.1 Å². The van der Waals surface area contributed by atoms with E-state index in [0.29, 0.717) is 10.9 Å². The first-order valence-corrected chi connectivity index (χ1v) is 5.82. The molecule has 5 heteroatoms. The van der Waals surface area contributed by atoms with Gasteiger partial charge in [-0.2, -0.15) is 0 Å². The van der Waals surface area contributed by atoms with Crippen molar-refractivity contribution >= 4 is 17.4 Å². The minimum atomic E-state index is -0.0671. The molecule has 3 N–H and O–H groups in total. The van der Waals surface area contributed by atoms with Gasteiger partial charge in [0.2, 0.25) is 0 Å². The molecule has 1 aromatic carbocycles. The van der Waals surface area contributed by atoms with Gasteiger partial charge >= 0.3 is 0 Å². The van der Waals surface area contributed by atoms with Gasteiger partial charge in [-0.1, -0.05) is 35.8 Å². The Kier molecular flexibility index (Phi) is 5.80. The van der Waals surface area contributed by atoms with Crippen molar-refractivity contribution in [3.05, 3.63) is 34.9 Å². The fourth-order valence-corrected chi connectivity index (χ4v) is 1.46. The molecule has 0 aliphatic heterocycles. The maximum absolute atomic E-state index is 8.53. The lowest BCUT2D eigenvalue weighted by Crippen LogP contribution is -2.23. The fourth-order valence-electron chi connectivity index (χ4n) is 1.33. The Morgan fingerprint density at radius 2 is 2.12 bits per heavy atom. The van der Waals surface area contributed by atoms with Gasteiger partial charge in [0.1, 0.15) is 12.4 Å². The third-order valence-electron chi connectivity index (χ3n) is 2.31. The van der Waals surface area contributed by atoms with Gasteiger partial charge in [-0.25, -0.2) is 0 Å². The monoisotopic (exact) mass is 256 g/mol. The number of nitrogens with zero attached hydrogens (tertiary/aromatic N) is 1. The highest BCUT2D eigenvalue weighted by Crippen LogP contribution is 2.13. The van der Waals surface area contributed by atoms with Crippen LogP contribution in [0.3, 0.4) is 0 Å². The first kappa shape index (κ1) is 13.8. The van der Waals surface area contributed by atoms with Gasteiger partial charge < -0.3 is 15.7 Å². The zero-order valence-electron chi connectivity index (χ0n) is 9.77. The van der Waals surface area contributed by atoms with Crippen LogP contribution in [0.4, 0.5) is 0 Å². The van der Waals surface area contributed by atoms with Crippen molar-refractivity contribution in [1.82, 2.24) is 0 Å². The zero-order chi connectivity index (χ0) is 12.7. The number of hydrogen-bond acceptors (Lipinski definition) is 3. The summed E-state index contributed by atoms with van der Waals surface area (Å²) in [5.41, 5.74) is 6.89. The van der Waals surface area contributed by atoms with Crippen molar-refractivity contribution in [2.75, 3.05) is 13.2 Å². The number of amidine groups is 1. The first-order valence-electron chi connectivity index (χ1n) is 5.44. The van der Waals surface area contributed by atoms with Crippen molar-refractivity contribution in [2.24, 2.45) is 16.8 Å². The molecule has 4 nitrogen and oxygen atoms in total. The summed E-state index contributed by atoms with van der Waals surface area (Å²) in [6.07, 6.45) is 0.773. The summed E-state index contributed by atoms with van der Waals surface area (Å²) in [5.74, 6) is 0.503. The molecule has 94 valence electrons. The number of oxime groups is 1. The molecular weight excluding hydrogens is 240 g/mol. The maximum Gasteiger partial charge on any atom is 0.142 e. The van der Waals surface area contributed by atoms with Crippen molar-refractivity contribution in [2.45, 2.75) is 13.3 Å². The van der Waals surface area contributed by atoms with Crippen LogP contribution in [0.1, 0.15) is 12.5 Å². The van der Waals surface area contributed by atoms with Crippen LogP contribution in [-0.2, 0) is 11.3 Å². The van der Waals surface area contributed by atoms with E-state index < -0.39 is 0 Å². The standard InChI is InChI=1S/C12H17ClN2O2/c1-9(12(14)15-17-7-6-16)8-10-2-4-11(13)5-3-10/h2-5,9,16H,6-8H2,1H3,(H2,14,15)/t9-/m0/s1. The Hall–Kier alpha value is -1.26. The number of nitrogens with two attached hydrogens (primary N) is 1. The molecule has 17 heavy (non-hydrogen) atoms. The van der Waals surface area contributed by atoms with E-state index >= 15 is 0 Å². The summed E-state index contributed by atoms with van der Waals surface area (Å²) in [6.45, 7) is 2.06. The molecule has 0 bridgehead atoms. The van der Waals surface area contributed by atoms with E-state index in [4.69, 9.17) is 27.3 Å². The molecule has 0 unspecified atom stereocenters. The lowest BCUT2D eigenvalue weighted by atomic mass is 10.0. The summed E-state index contributed by atoms with van der Waals surface area (Å²) >= 11 is 5.80. The largest absolute Gasteiger partial charge is 0.393 e. The van der Waals surface area contributed by atoms with Crippen molar-refractivity contribution in [3.8, 4) is 0 Å². The Bertz CT molecular complexity index is 365. The predicted octanol–water partition coefficient (Wildman–Crippen LogP) is 1.80. The van der Waals surface area contributed by atoms with Crippen LogP contribution in [0, 0.1) is 5.92 Å². The van der Waals surface area contributed by atoms with Crippen molar-refractivity contribution in [1.29, 1.82) is 0 Å². The van der Waals surface area contributed by atoms with Gasteiger partial charge in [0.25, 0.3) is 0 Å². The molecule has 1 atom stereocenters. The third-order valence-corrected chi connectivity index (χ3v) is 2.56. The lowest BCUT2D eigenvalue weighted by molar-refractivity contribution is 0.0973. The number of benzene rings is 1. The maximum atomic E-state index is 8.53. The molecule has 0 radical (unpaired) electrons. The molecule has 0 heterocycles. The number of halogens is 1. The highest BCUT2D eigenvalue weighted by molar-refractivity contribution is 6.30. The van der Waals surface area contributed by atoms with E-state index in [1.54, 1.807) is 0 Å². The van der Waals surface area contributed by atoms with Crippen LogP contribution < -0.4 is 5.73 Å². The van der Waals surface area contributed by atoms with Crippen LogP contribution in [0.2, 0.25) is 5.02 Å². The number of aliphatic hydroxyl groups is 1. The highest BCUT2D eigenvalue weighted by atomic mass is 35.5. The molecule has 0 saturated carbocycles. The van der Waals surface area contributed by atoms with Gasteiger partial charge in [0, 0.05) is 10.9 Å². The van der Waals surface area contributed by atoms with E-state index in [2.05, 4.69) is 5.16 Å². The SMILES string of the molecule is C[C@@H](Cc1ccc(Cl)cc1)/C(N)=N/OCCO. The number of aliphatic hydroxyl groups excluding tert-OH is 1. The second kappa shape index (κ2) is 7.14. The minimum Gasteiger partial charge on any atom is -0.393 e. The molecular formula is C12H17ClN2O2. The van der Waals surface area contributed by atoms with Crippen LogP contribution in [0.25, 0.3) is 0 Å². The van der Waals surface area contributed by atoms with Crippen LogP contribution >= 0.6 is 11.6 Å². The molecule has 0 aliphatic rings. The topological polar surface area (TPSA) is 67.8 Å². The lowest BCUT2D eigenvalue weighted by Gasteiger charge is -2.10. The summed E-state index contributed by atoms with van der Waals surface area (Å²) in [5, 5.41) is 13.0. The summed E-state index contributed by atoms with van der Waals surface area (Å²) < 4.78 is 0. The Morgan fingerprint density at radius 1 is 1.47 bits per heavy atom. The first-order chi connectivity index (χ1) is 8.13. The van der Waals surface area contributed by atoms with Crippen molar-refractivity contribution < 1.29 is 9.94 Å². The summed E-state index contributed by atoms with van der Waals surface area (Å²) in [7, 11) is 0. The second-order valence-corrected chi connectivity index (χ2v) is 4.24. The van der Waals surface area contributed by atoms with Gasteiger partial charge in [0.15, 0.2) is 0 Å². The second-order valence-electron chi connectivity index (χ2n) is 3.80. The van der Waals surface area contributed by atoms with Crippen molar-refractivity contribution in [3.63, 3.8) is 0 Å². The van der Waals surface area contributed by atoms with E-state index in [0.717, 1.165) is 12.0 Å². The van der Waals surface area contributed by atoms with Crippen LogP contribution in [-0.4, -0.2) is 24.2 Å². The van der Waals surface area contributed by atoms with Crippen LogP contribution in [0.15, 0.2) is 29.4 Å². The highest BCUT2D eigenvalue weighted by Gasteiger charge is 2.08. The molecule has 0 aromatic heterocycles. The number of hydrogen-bond donors (Lipinski definition) is 2. The molecule has 0 spiro atoms. The van der Waals surface area contributed by atoms with Crippen LogP contribution in [0.5, 0.6) is 0 Å². The van der Waals surface area contributed by atoms with Gasteiger partial charge in [-0.15, -0.1) is 0 Å². The molecule has 0 aliphatic carbocycles. The molecule has 0 amide bonds. The average molecular weight is 257 g/mol. The smallest absolute Gasteiger partial charge is 0.142 e. The predicted molar refractivity (Wildman–Crippen MR) is 69.0 cm³/mol. The molecule has 0 fully saturated rings. The molecule has 0 saturated heterocycles. The molecule has 1 rings (SSSR count). The summed E-state index contributed by atoms with van der Waals surface area (Å²) in [4.78, 5) is 4.81. The quantitative estimate of drug-likeness (QED) is 0.353. The van der Waals surface area contributed by atoms with E-state index in [-0.39, 0.29) is 19.1 Å². The normalized spacial score (nSPS) is 13.5. The average Bonchev–Trinajstić information content (AvgIpc) is 2.32. The Balaban J connectivity index is 2.50. The number of rotatable bonds is 6. The van der Waals surface area contributed by atoms with E-state index in [9.17, 15) is 0 Å². The van der Waals surface area contributed by atoms with E-state index in [1.807, 2.05) is 31.2 Å². The fraction of sp³-hybridized carbons (Fsp3) is 0.417. The zero-order valence-corrected chi connectivity index (χ0v) is 10.5. The van der Waals surface area contributed by atoms with Gasteiger partial charge in [-0.3, -0.25) is 0 Å². The summed E-state index contributed by atoms with van der Waals surface area (Å²) in [6, 6.07) is 7.61. The minimum absolute atomic E-state index is 0.0671. The Morgan fingerprint density at radius 3 is 2.71 bits per heavy atom. The Labute approximate surface area is 106 Å². The van der Waals surface area contributed by atoms with E-state index in [1.165, 1.54) is 0 Å². The van der Waals surface area contributed by atoms with Gasteiger partial charge in [0.05, 0.1) is 6.61 Å².